The molecular weight excluding hydrogens is 192 g/mol. The molecular formula is C6H18O4Si2. The summed E-state index contributed by atoms with van der Waals surface area (Å²) in [7, 11) is 3.15. The van der Waals surface area contributed by atoms with Crippen LogP contribution in [0.1, 0.15) is 0 Å². The van der Waals surface area contributed by atoms with Gasteiger partial charge in [0.1, 0.15) is 0 Å². The maximum atomic E-state index is 5.31. The van der Waals surface area contributed by atoms with Crippen molar-refractivity contribution in [3.63, 3.8) is 0 Å². The summed E-state index contributed by atoms with van der Waals surface area (Å²) in [5.41, 5.74) is 0.813. The van der Waals surface area contributed by atoms with Crippen LogP contribution in [-0.2, 0) is 17.7 Å². The van der Waals surface area contributed by atoms with Crippen LogP contribution in [0.2, 0.25) is 12.2 Å². The van der Waals surface area contributed by atoms with Gasteiger partial charge in [-0.2, -0.15) is 0 Å². The van der Waals surface area contributed by atoms with Crippen LogP contribution in [0.3, 0.4) is 0 Å². The van der Waals surface area contributed by atoms with Gasteiger partial charge in [-0.1, -0.05) is 0 Å². The third-order valence-electron chi connectivity index (χ3n) is 1.93. The van der Waals surface area contributed by atoms with Gasteiger partial charge in [0, 0.05) is 34.1 Å². The van der Waals surface area contributed by atoms with E-state index >= 15 is 0 Å². The highest BCUT2D eigenvalue weighted by Gasteiger charge is 2.34. The monoisotopic (exact) mass is 210 g/mol. The van der Waals surface area contributed by atoms with Gasteiger partial charge in [-0.3, -0.25) is 0 Å². The summed E-state index contributed by atoms with van der Waals surface area (Å²) < 4.78 is 21.0. The van der Waals surface area contributed by atoms with Crippen molar-refractivity contribution in [1.82, 2.24) is 0 Å². The van der Waals surface area contributed by atoms with Gasteiger partial charge in [-0.15, -0.1) is 0 Å². The Balaban J connectivity index is 3.99. The average Bonchev–Trinajstić information content (AvgIpc) is 2.14. The predicted molar refractivity (Wildman–Crippen MR) is 51.6 cm³/mol. The molecule has 0 N–H and O–H groups in total. The van der Waals surface area contributed by atoms with Gasteiger partial charge in [0.15, 0.2) is 0 Å². The van der Waals surface area contributed by atoms with Crippen LogP contribution < -0.4 is 0 Å². The summed E-state index contributed by atoms with van der Waals surface area (Å²) in [5.74, 6) is 0. The van der Waals surface area contributed by atoms with Crippen LogP contribution in [0.5, 0.6) is 0 Å². The second-order valence-electron chi connectivity index (χ2n) is 2.65. The molecule has 0 saturated carbocycles. The molecule has 0 spiro atoms. The Hall–Kier alpha value is 0.274. The van der Waals surface area contributed by atoms with Crippen molar-refractivity contribution in [2.45, 2.75) is 12.2 Å². The van der Waals surface area contributed by atoms with Crippen molar-refractivity contribution in [2.24, 2.45) is 0 Å². The highest BCUT2D eigenvalue weighted by molar-refractivity contribution is 6.77. The molecule has 0 aliphatic heterocycles. The van der Waals surface area contributed by atoms with Crippen LogP contribution in [0, 0.1) is 0 Å². The molecule has 0 aliphatic rings. The SMILES string of the molecule is CO[SiH](C[Si](C)(OC)OC)OC. The number of rotatable bonds is 6. The van der Waals surface area contributed by atoms with Gasteiger partial charge in [0.2, 0.25) is 0 Å². The molecule has 0 aromatic rings. The van der Waals surface area contributed by atoms with E-state index in [1.807, 2.05) is 6.55 Å². The molecule has 0 aromatic carbocycles. The summed E-state index contributed by atoms with van der Waals surface area (Å²) in [6.07, 6.45) is 0. The summed E-state index contributed by atoms with van der Waals surface area (Å²) in [6.45, 7) is 2.00. The lowest BCUT2D eigenvalue weighted by atomic mass is 11.8. The van der Waals surface area contributed by atoms with E-state index in [1.165, 1.54) is 0 Å². The number of hydrogen-bond acceptors (Lipinski definition) is 4. The zero-order chi connectivity index (χ0) is 9.61. The van der Waals surface area contributed by atoms with E-state index in [1.54, 1.807) is 28.4 Å². The molecule has 6 heteroatoms. The van der Waals surface area contributed by atoms with Crippen molar-refractivity contribution >= 4 is 17.8 Å². The minimum atomic E-state index is -1.99. The highest BCUT2D eigenvalue weighted by Crippen LogP contribution is 2.13. The standard InChI is InChI=1S/C6H18O4Si2/c1-7-11(8-2)6-12(5,9-3)10-4/h11H,6H2,1-5H3. The Labute approximate surface area is 76.9 Å². The molecule has 74 valence electrons. The summed E-state index contributed by atoms with van der Waals surface area (Å²) in [4.78, 5) is 0. The Bertz CT molecular complexity index is 114. The number of hydrogen-bond donors (Lipinski definition) is 0. The second-order valence-corrected chi connectivity index (χ2v) is 9.17. The van der Waals surface area contributed by atoms with E-state index in [4.69, 9.17) is 17.7 Å². The van der Waals surface area contributed by atoms with Gasteiger partial charge in [-0.05, 0) is 6.55 Å². The van der Waals surface area contributed by atoms with Crippen LogP contribution in [0.4, 0.5) is 0 Å². The molecule has 0 heterocycles. The molecule has 0 fully saturated rings. The lowest BCUT2D eigenvalue weighted by Gasteiger charge is -2.24. The Morgan fingerprint density at radius 2 is 1.42 bits per heavy atom. The molecule has 0 saturated heterocycles. The maximum absolute atomic E-state index is 5.31. The molecule has 0 aliphatic carbocycles. The Kier molecular flexibility index (Phi) is 5.97. The van der Waals surface area contributed by atoms with E-state index in [0.29, 0.717) is 0 Å². The molecule has 0 amide bonds. The highest BCUT2D eigenvalue weighted by atomic mass is 28.4. The summed E-state index contributed by atoms with van der Waals surface area (Å²) >= 11 is 0. The fraction of sp³-hybridized carbons (Fsp3) is 1.00. The van der Waals surface area contributed by atoms with Gasteiger partial charge in [0.05, 0.1) is 0 Å². The third-order valence-corrected chi connectivity index (χ3v) is 9.01. The first-order valence-corrected chi connectivity index (χ1v) is 8.06. The largest absolute Gasteiger partial charge is 0.400 e. The lowest BCUT2D eigenvalue weighted by molar-refractivity contribution is 0.239. The van der Waals surface area contributed by atoms with Crippen molar-refractivity contribution in [2.75, 3.05) is 28.4 Å². The fourth-order valence-electron chi connectivity index (χ4n) is 0.816. The van der Waals surface area contributed by atoms with E-state index in [2.05, 4.69) is 0 Å². The normalized spacial score (nSPS) is 12.5. The minimum absolute atomic E-state index is 0.813. The second kappa shape index (κ2) is 5.84. The van der Waals surface area contributed by atoms with Gasteiger partial charge >= 0.3 is 17.8 Å². The van der Waals surface area contributed by atoms with E-state index in [-0.39, 0.29) is 0 Å². The Morgan fingerprint density at radius 1 is 1.00 bits per heavy atom. The molecule has 0 rings (SSSR count). The van der Waals surface area contributed by atoms with Gasteiger partial charge in [0.25, 0.3) is 0 Å². The van der Waals surface area contributed by atoms with Crippen LogP contribution in [0.15, 0.2) is 0 Å². The summed E-state index contributed by atoms with van der Waals surface area (Å²) in [5, 5.41) is 0. The quantitative estimate of drug-likeness (QED) is 0.595. The molecule has 0 atom stereocenters. The van der Waals surface area contributed by atoms with Gasteiger partial charge < -0.3 is 17.7 Å². The first kappa shape index (κ1) is 12.3. The first-order valence-electron chi connectivity index (χ1n) is 3.77. The third kappa shape index (κ3) is 3.79. The predicted octanol–water partition coefficient (Wildman–Crippen LogP) is 0.404. The van der Waals surface area contributed by atoms with E-state index in [9.17, 15) is 0 Å². The molecule has 0 aromatic heterocycles. The first-order chi connectivity index (χ1) is 5.61. The van der Waals surface area contributed by atoms with Crippen molar-refractivity contribution in [3.05, 3.63) is 0 Å². The molecule has 4 nitrogen and oxygen atoms in total. The smallest absolute Gasteiger partial charge is 0.336 e. The molecule has 12 heavy (non-hydrogen) atoms. The van der Waals surface area contributed by atoms with Crippen LogP contribution in [-0.4, -0.2) is 46.3 Å². The van der Waals surface area contributed by atoms with Crippen molar-refractivity contribution in [1.29, 1.82) is 0 Å². The summed E-state index contributed by atoms with van der Waals surface area (Å²) in [6, 6.07) is 0. The fourth-order valence-corrected chi connectivity index (χ4v) is 6.26. The lowest BCUT2D eigenvalue weighted by Crippen LogP contribution is -2.42. The van der Waals surface area contributed by atoms with Crippen molar-refractivity contribution < 1.29 is 17.7 Å². The molecule has 0 unspecified atom stereocenters. The van der Waals surface area contributed by atoms with Gasteiger partial charge in [-0.25, -0.2) is 0 Å². The van der Waals surface area contributed by atoms with Crippen molar-refractivity contribution in [3.8, 4) is 0 Å². The Morgan fingerprint density at radius 3 is 1.67 bits per heavy atom. The average molecular weight is 210 g/mol. The molecule has 0 radical (unpaired) electrons. The maximum Gasteiger partial charge on any atom is 0.336 e. The topological polar surface area (TPSA) is 36.9 Å². The zero-order valence-electron chi connectivity index (χ0n) is 8.42. The van der Waals surface area contributed by atoms with Crippen LogP contribution >= 0.6 is 0 Å². The minimum Gasteiger partial charge on any atom is -0.400 e. The molecule has 0 bridgehead atoms. The van der Waals surface area contributed by atoms with Crippen LogP contribution in [0.25, 0.3) is 0 Å². The zero-order valence-corrected chi connectivity index (χ0v) is 10.6. The van der Waals surface area contributed by atoms with E-state index in [0.717, 1.165) is 5.67 Å². The van der Waals surface area contributed by atoms with E-state index < -0.39 is 17.8 Å².